The van der Waals surface area contributed by atoms with Crippen molar-refractivity contribution in [3.05, 3.63) is 60.2 Å². The first kappa shape index (κ1) is 17.2. The Labute approximate surface area is 162 Å². The van der Waals surface area contributed by atoms with Crippen molar-refractivity contribution in [2.45, 2.75) is 37.3 Å². The fraction of sp³-hybridized carbons (Fsp3) is 0.381. The minimum Gasteiger partial charge on any atom is -0.459 e. The molecule has 7 heteroatoms. The van der Waals surface area contributed by atoms with Crippen LogP contribution in [-0.2, 0) is 11.3 Å². The maximum absolute atomic E-state index is 12.6. The smallest absolute Gasteiger partial charge is 0.283 e. The van der Waals surface area contributed by atoms with Gasteiger partial charge in [-0.2, -0.15) is 0 Å². The molecular formula is C21H22N4O3. The van der Waals surface area contributed by atoms with Crippen molar-refractivity contribution in [3.8, 4) is 11.7 Å². The first-order valence-corrected chi connectivity index (χ1v) is 9.66. The van der Waals surface area contributed by atoms with Gasteiger partial charge >= 0.3 is 0 Å². The van der Waals surface area contributed by atoms with Crippen LogP contribution in [0.15, 0.2) is 57.6 Å². The van der Waals surface area contributed by atoms with Crippen molar-refractivity contribution in [1.82, 2.24) is 20.4 Å². The van der Waals surface area contributed by atoms with Gasteiger partial charge in [-0.3, -0.25) is 9.69 Å². The van der Waals surface area contributed by atoms with E-state index >= 15 is 0 Å². The number of aromatic nitrogens is 2. The summed E-state index contributed by atoms with van der Waals surface area (Å²) in [6.45, 7) is 2.39. The van der Waals surface area contributed by atoms with Crippen molar-refractivity contribution in [1.29, 1.82) is 0 Å². The third-order valence-corrected chi connectivity index (χ3v) is 5.87. The van der Waals surface area contributed by atoms with Gasteiger partial charge in [-0.1, -0.05) is 30.3 Å². The molecule has 1 spiro atoms. The number of furan rings is 1. The van der Waals surface area contributed by atoms with Crippen LogP contribution < -0.4 is 5.32 Å². The van der Waals surface area contributed by atoms with E-state index in [1.165, 1.54) is 0 Å². The van der Waals surface area contributed by atoms with Gasteiger partial charge < -0.3 is 14.2 Å². The highest BCUT2D eigenvalue weighted by molar-refractivity contribution is 5.87. The second-order valence-electron chi connectivity index (χ2n) is 7.69. The van der Waals surface area contributed by atoms with Crippen molar-refractivity contribution in [3.63, 3.8) is 0 Å². The molecule has 1 amide bonds. The summed E-state index contributed by atoms with van der Waals surface area (Å²) in [7, 11) is 0. The van der Waals surface area contributed by atoms with Crippen LogP contribution in [-0.4, -0.2) is 39.6 Å². The molecule has 2 fully saturated rings. The number of carbonyl (C=O) groups is 1. The molecular weight excluding hydrogens is 356 g/mol. The van der Waals surface area contributed by atoms with Crippen LogP contribution in [0.3, 0.4) is 0 Å². The molecule has 1 atom stereocenters. The topological polar surface area (TPSA) is 84.4 Å². The number of benzene rings is 1. The monoisotopic (exact) mass is 378 g/mol. The lowest BCUT2D eigenvalue weighted by atomic mass is 9.82. The van der Waals surface area contributed by atoms with Gasteiger partial charge in [0.1, 0.15) is 0 Å². The van der Waals surface area contributed by atoms with E-state index in [4.69, 9.17) is 8.83 Å². The third kappa shape index (κ3) is 3.22. The van der Waals surface area contributed by atoms with Gasteiger partial charge in [0.15, 0.2) is 5.76 Å². The van der Waals surface area contributed by atoms with Gasteiger partial charge in [0, 0.05) is 18.6 Å². The van der Waals surface area contributed by atoms with Crippen LogP contribution in [0, 0.1) is 0 Å². The molecule has 0 radical (unpaired) electrons. The lowest BCUT2D eigenvalue weighted by Gasteiger charge is -2.38. The summed E-state index contributed by atoms with van der Waals surface area (Å²) < 4.78 is 11.0. The predicted molar refractivity (Wildman–Crippen MR) is 101 cm³/mol. The van der Waals surface area contributed by atoms with Gasteiger partial charge in [0.25, 0.3) is 5.89 Å². The highest BCUT2D eigenvalue weighted by Gasteiger charge is 2.46. The number of hydrogen-bond acceptors (Lipinski definition) is 6. The highest BCUT2D eigenvalue weighted by Crippen LogP contribution is 2.39. The van der Waals surface area contributed by atoms with Gasteiger partial charge in [0.05, 0.1) is 18.7 Å². The average molecular weight is 378 g/mol. The number of nitrogens with zero attached hydrogens (tertiary/aromatic N) is 3. The number of nitrogens with one attached hydrogen (secondary N) is 1. The molecule has 1 N–H and O–H groups in total. The van der Waals surface area contributed by atoms with E-state index in [-0.39, 0.29) is 17.4 Å². The van der Waals surface area contributed by atoms with Crippen LogP contribution in [0.4, 0.5) is 0 Å². The zero-order valence-corrected chi connectivity index (χ0v) is 15.5. The van der Waals surface area contributed by atoms with E-state index in [0.29, 0.717) is 24.1 Å². The highest BCUT2D eigenvalue weighted by atomic mass is 16.4. The van der Waals surface area contributed by atoms with Gasteiger partial charge in [-0.05, 0) is 37.0 Å². The molecule has 0 aliphatic carbocycles. The molecule has 2 aliphatic heterocycles. The second-order valence-corrected chi connectivity index (χ2v) is 7.69. The normalized spacial score (nSPS) is 21.9. The minimum absolute atomic E-state index is 0.0421. The van der Waals surface area contributed by atoms with E-state index in [9.17, 15) is 4.79 Å². The SMILES string of the molecule is O=C1NC2(CCN(Cc3nnc(-c4ccco4)o3)CC2)CC1c1ccccc1. The number of rotatable bonds is 4. The summed E-state index contributed by atoms with van der Waals surface area (Å²) in [6.07, 6.45) is 4.32. The van der Waals surface area contributed by atoms with E-state index in [2.05, 4.69) is 20.4 Å². The zero-order valence-electron chi connectivity index (χ0n) is 15.5. The number of carbonyl (C=O) groups excluding carboxylic acids is 1. The molecule has 144 valence electrons. The van der Waals surface area contributed by atoms with Crippen LogP contribution in [0.2, 0.25) is 0 Å². The summed E-state index contributed by atoms with van der Waals surface area (Å²) >= 11 is 0. The van der Waals surface area contributed by atoms with Crippen LogP contribution in [0.5, 0.6) is 0 Å². The first-order chi connectivity index (χ1) is 13.7. The number of hydrogen-bond donors (Lipinski definition) is 1. The summed E-state index contributed by atoms with van der Waals surface area (Å²) in [6, 6.07) is 13.7. The van der Waals surface area contributed by atoms with Crippen molar-refractivity contribution < 1.29 is 13.6 Å². The molecule has 4 heterocycles. The van der Waals surface area contributed by atoms with E-state index in [1.807, 2.05) is 30.3 Å². The average Bonchev–Trinajstić information content (AvgIpc) is 3.45. The largest absolute Gasteiger partial charge is 0.459 e. The van der Waals surface area contributed by atoms with E-state index in [0.717, 1.165) is 37.9 Å². The van der Waals surface area contributed by atoms with Gasteiger partial charge in [0.2, 0.25) is 11.8 Å². The molecule has 2 aromatic heterocycles. The summed E-state index contributed by atoms with van der Waals surface area (Å²) in [5, 5.41) is 11.5. The molecule has 0 bridgehead atoms. The van der Waals surface area contributed by atoms with E-state index < -0.39 is 0 Å². The molecule has 5 rings (SSSR count). The maximum atomic E-state index is 12.6. The minimum atomic E-state index is -0.0950. The van der Waals surface area contributed by atoms with Crippen LogP contribution in [0.25, 0.3) is 11.7 Å². The Balaban J connectivity index is 1.20. The molecule has 2 aliphatic rings. The Morgan fingerprint density at radius 2 is 1.93 bits per heavy atom. The summed E-state index contributed by atoms with van der Waals surface area (Å²) in [5.41, 5.74) is 1.01. The lowest BCUT2D eigenvalue weighted by Crippen LogP contribution is -2.50. The van der Waals surface area contributed by atoms with Crippen LogP contribution >= 0.6 is 0 Å². The third-order valence-electron chi connectivity index (χ3n) is 5.87. The van der Waals surface area contributed by atoms with Crippen molar-refractivity contribution >= 4 is 5.91 Å². The van der Waals surface area contributed by atoms with Crippen LogP contribution in [0.1, 0.15) is 36.6 Å². The molecule has 3 aromatic rings. The zero-order chi connectivity index (χ0) is 19.0. The Kier molecular flexibility index (Phi) is 4.24. The number of piperidine rings is 1. The van der Waals surface area contributed by atoms with Crippen molar-refractivity contribution in [2.24, 2.45) is 0 Å². The fourth-order valence-electron chi connectivity index (χ4n) is 4.31. The molecule has 7 nitrogen and oxygen atoms in total. The number of amides is 1. The lowest BCUT2D eigenvalue weighted by molar-refractivity contribution is -0.121. The number of likely N-dealkylation sites (tertiary alicyclic amines) is 1. The fourth-order valence-corrected chi connectivity index (χ4v) is 4.31. The van der Waals surface area contributed by atoms with E-state index in [1.54, 1.807) is 18.4 Å². The molecule has 2 saturated heterocycles. The van der Waals surface area contributed by atoms with Gasteiger partial charge in [-0.15, -0.1) is 10.2 Å². The Morgan fingerprint density at radius 1 is 1.11 bits per heavy atom. The molecule has 28 heavy (non-hydrogen) atoms. The summed E-state index contributed by atoms with van der Waals surface area (Å²) in [4.78, 5) is 14.9. The predicted octanol–water partition coefficient (Wildman–Crippen LogP) is 2.97. The Bertz CT molecular complexity index is 943. The molecule has 0 saturated carbocycles. The molecule has 1 aromatic carbocycles. The first-order valence-electron chi connectivity index (χ1n) is 9.66. The Hall–Kier alpha value is -2.93. The summed E-state index contributed by atoms with van der Waals surface area (Å²) in [5.74, 6) is 1.68. The Morgan fingerprint density at radius 3 is 2.68 bits per heavy atom. The molecule has 1 unspecified atom stereocenters. The van der Waals surface area contributed by atoms with Gasteiger partial charge in [-0.25, -0.2) is 0 Å². The maximum Gasteiger partial charge on any atom is 0.283 e. The standard InChI is InChI=1S/C21H22N4O3/c26-19-16(15-5-2-1-3-6-15)13-21(22-19)8-10-25(11-9-21)14-18-23-24-20(28-18)17-7-4-12-27-17/h1-7,12,16H,8-11,13-14H2,(H,22,26). The second kappa shape index (κ2) is 6.91. The quantitative estimate of drug-likeness (QED) is 0.751. The van der Waals surface area contributed by atoms with Crippen molar-refractivity contribution in [2.75, 3.05) is 13.1 Å².